The topological polar surface area (TPSA) is 56.9 Å². The van der Waals surface area contributed by atoms with E-state index in [4.69, 9.17) is 11.6 Å². The molecule has 0 aliphatic rings. The van der Waals surface area contributed by atoms with Gasteiger partial charge in [0.25, 0.3) is 0 Å². The summed E-state index contributed by atoms with van der Waals surface area (Å²) in [6.45, 7) is 0.0161. The first-order valence-corrected chi connectivity index (χ1v) is 6.80. The molecule has 3 nitrogen and oxygen atoms in total. The number of benzene rings is 1. The van der Waals surface area contributed by atoms with Gasteiger partial charge < -0.3 is 5.11 Å². The van der Waals surface area contributed by atoms with Crippen LogP contribution in [-0.4, -0.2) is 16.7 Å². The lowest BCUT2D eigenvalue weighted by molar-refractivity contribution is 0.272. The summed E-state index contributed by atoms with van der Waals surface area (Å²) in [6, 6.07) is 13.7. The second-order valence-electron chi connectivity index (χ2n) is 4.57. The number of nitriles is 1. The van der Waals surface area contributed by atoms with Crippen molar-refractivity contribution >= 4 is 11.6 Å². The zero-order valence-corrected chi connectivity index (χ0v) is 11.7. The van der Waals surface area contributed by atoms with Crippen molar-refractivity contribution in [1.82, 2.24) is 4.98 Å². The number of halogens is 1. The molecule has 0 aliphatic carbocycles. The molecule has 0 radical (unpaired) electrons. The summed E-state index contributed by atoms with van der Waals surface area (Å²) >= 11 is 5.98. The van der Waals surface area contributed by atoms with E-state index in [2.05, 4.69) is 11.1 Å². The molecule has 1 aromatic carbocycles. The van der Waals surface area contributed by atoms with Crippen molar-refractivity contribution in [3.63, 3.8) is 0 Å². The third kappa shape index (κ3) is 3.36. The highest BCUT2D eigenvalue weighted by Gasteiger charge is 2.24. The van der Waals surface area contributed by atoms with Gasteiger partial charge in [-0.2, -0.15) is 5.26 Å². The average Bonchev–Trinajstić information content (AvgIpc) is 2.48. The molecule has 0 aliphatic heterocycles. The molecule has 0 fully saturated rings. The second kappa shape index (κ2) is 7.04. The van der Waals surface area contributed by atoms with Crippen LogP contribution in [0.25, 0.3) is 0 Å². The lowest BCUT2D eigenvalue weighted by Gasteiger charge is -2.22. The zero-order valence-electron chi connectivity index (χ0n) is 10.9. The van der Waals surface area contributed by atoms with Gasteiger partial charge in [0.1, 0.15) is 0 Å². The van der Waals surface area contributed by atoms with Crippen molar-refractivity contribution < 1.29 is 5.11 Å². The standard InChI is InChI=1S/C16H15ClN2O/c17-14-8-13(10-19-11-14)15(6-7-20)16(9-18)12-4-2-1-3-5-12/h1-5,8,10-11,15-16,20H,6-7H2/t15-,16+/m0/s1. The molecule has 20 heavy (non-hydrogen) atoms. The minimum absolute atomic E-state index is 0.0161. The van der Waals surface area contributed by atoms with Crippen molar-refractivity contribution in [3.05, 3.63) is 64.9 Å². The number of aliphatic hydroxyl groups excluding tert-OH is 1. The third-order valence-electron chi connectivity index (χ3n) is 3.29. The first-order valence-electron chi connectivity index (χ1n) is 6.42. The van der Waals surface area contributed by atoms with Gasteiger partial charge >= 0.3 is 0 Å². The Bertz CT molecular complexity index is 595. The minimum atomic E-state index is -0.330. The number of nitrogens with zero attached hydrogens (tertiary/aromatic N) is 2. The molecule has 0 bridgehead atoms. The van der Waals surface area contributed by atoms with E-state index in [0.717, 1.165) is 11.1 Å². The summed E-state index contributed by atoms with van der Waals surface area (Å²) in [5.41, 5.74) is 1.82. The average molecular weight is 287 g/mol. The molecule has 1 N–H and O–H groups in total. The highest BCUT2D eigenvalue weighted by molar-refractivity contribution is 6.30. The van der Waals surface area contributed by atoms with Crippen LogP contribution in [0, 0.1) is 11.3 Å². The number of rotatable bonds is 5. The molecular formula is C16H15ClN2O. The summed E-state index contributed by atoms with van der Waals surface area (Å²) in [5.74, 6) is -0.456. The Hall–Kier alpha value is -1.89. The molecule has 2 atom stereocenters. The molecule has 0 spiro atoms. The van der Waals surface area contributed by atoms with E-state index in [1.807, 2.05) is 36.4 Å². The third-order valence-corrected chi connectivity index (χ3v) is 3.50. The Morgan fingerprint density at radius 3 is 2.55 bits per heavy atom. The summed E-state index contributed by atoms with van der Waals surface area (Å²) in [6.07, 6.45) is 3.76. The van der Waals surface area contributed by atoms with E-state index in [9.17, 15) is 10.4 Å². The Kier molecular flexibility index (Phi) is 5.11. The number of hydrogen-bond donors (Lipinski definition) is 1. The molecule has 4 heteroatoms. The van der Waals surface area contributed by atoms with E-state index in [-0.39, 0.29) is 18.4 Å². The summed E-state index contributed by atoms with van der Waals surface area (Å²) in [7, 11) is 0. The van der Waals surface area contributed by atoms with Crippen LogP contribution >= 0.6 is 11.6 Å². The van der Waals surface area contributed by atoms with Gasteiger partial charge in [-0.15, -0.1) is 0 Å². The normalized spacial score (nSPS) is 13.4. The predicted octanol–water partition coefficient (Wildman–Crippen LogP) is 3.51. The largest absolute Gasteiger partial charge is 0.396 e. The van der Waals surface area contributed by atoms with Crippen LogP contribution in [0.3, 0.4) is 0 Å². The van der Waals surface area contributed by atoms with Crippen LogP contribution < -0.4 is 0 Å². The maximum Gasteiger partial charge on any atom is 0.0782 e. The highest BCUT2D eigenvalue weighted by Crippen LogP contribution is 2.35. The van der Waals surface area contributed by atoms with E-state index < -0.39 is 0 Å². The maximum absolute atomic E-state index is 9.52. The van der Waals surface area contributed by atoms with Gasteiger partial charge in [0.15, 0.2) is 0 Å². The Labute approximate surface area is 123 Å². The molecule has 1 aromatic heterocycles. The van der Waals surface area contributed by atoms with Crippen molar-refractivity contribution in [3.8, 4) is 6.07 Å². The van der Waals surface area contributed by atoms with Crippen molar-refractivity contribution in [2.75, 3.05) is 6.61 Å². The molecule has 0 saturated carbocycles. The fourth-order valence-electron chi connectivity index (χ4n) is 2.35. The molecule has 1 heterocycles. The molecule has 2 aromatic rings. The summed E-state index contributed by atoms with van der Waals surface area (Å²) in [4.78, 5) is 4.07. The van der Waals surface area contributed by atoms with Crippen molar-refractivity contribution in [1.29, 1.82) is 5.26 Å². The van der Waals surface area contributed by atoms with Gasteiger partial charge in [-0.3, -0.25) is 4.98 Å². The zero-order chi connectivity index (χ0) is 14.4. The second-order valence-corrected chi connectivity index (χ2v) is 5.01. The van der Waals surface area contributed by atoms with Gasteiger partial charge in [-0.05, 0) is 23.6 Å². The van der Waals surface area contributed by atoms with E-state index in [0.29, 0.717) is 11.4 Å². The lowest BCUT2D eigenvalue weighted by Crippen LogP contribution is -2.12. The smallest absolute Gasteiger partial charge is 0.0782 e. The van der Waals surface area contributed by atoms with Crippen LogP contribution in [0.5, 0.6) is 0 Å². The number of pyridine rings is 1. The van der Waals surface area contributed by atoms with E-state index in [1.54, 1.807) is 12.4 Å². The van der Waals surface area contributed by atoms with Gasteiger partial charge in [0, 0.05) is 24.9 Å². The molecule has 102 valence electrons. The van der Waals surface area contributed by atoms with Gasteiger partial charge in [0.05, 0.1) is 17.0 Å². The first kappa shape index (κ1) is 14.5. The predicted molar refractivity (Wildman–Crippen MR) is 78.5 cm³/mol. The van der Waals surface area contributed by atoms with Crippen LogP contribution in [0.15, 0.2) is 48.8 Å². The van der Waals surface area contributed by atoms with Crippen LogP contribution in [0.1, 0.15) is 29.4 Å². The van der Waals surface area contributed by atoms with Crippen LogP contribution in [0.4, 0.5) is 0 Å². The SMILES string of the molecule is N#C[C@H](c1ccccc1)[C@@H](CCO)c1cncc(Cl)c1. The Balaban J connectivity index is 2.39. The molecule has 0 unspecified atom stereocenters. The maximum atomic E-state index is 9.52. The minimum Gasteiger partial charge on any atom is -0.396 e. The summed E-state index contributed by atoms with van der Waals surface area (Å²) in [5, 5.41) is 19.4. The summed E-state index contributed by atoms with van der Waals surface area (Å²) < 4.78 is 0. The van der Waals surface area contributed by atoms with E-state index in [1.165, 1.54) is 0 Å². The first-order chi connectivity index (χ1) is 9.76. The number of aliphatic hydroxyl groups is 1. The number of hydrogen-bond acceptors (Lipinski definition) is 3. The van der Waals surface area contributed by atoms with E-state index >= 15 is 0 Å². The molecule has 0 saturated heterocycles. The van der Waals surface area contributed by atoms with Crippen LogP contribution in [-0.2, 0) is 0 Å². The Morgan fingerprint density at radius 2 is 1.95 bits per heavy atom. The van der Waals surface area contributed by atoms with Gasteiger partial charge in [-0.25, -0.2) is 0 Å². The number of aromatic nitrogens is 1. The van der Waals surface area contributed by atoms with Gasteiger partial charge in [0.2, 0.25) is 0 Å². The lowest BCUT2D eigenvalue weighted by atomic mass is 9.81. The highest BCUT2D eigenvalue weighted by atomic mass is 35.5. The van der Waals surface area contributed by atoms with Crippen molar-refractivity contribution in [2.45, 2.75) is 18.3 Å². The van der Waals surface area contributed by atoms with Gasteiger partial charge in [-0.1, -0.05) is 41.9 Å². The Morgan fingerprint density at radius 1 is 1.20 bits per heavy atom. The fourth-order valence-corrected chi connectivity index (χ4v) is 2.54. The molecule has 0 amide bonds. The molecular weight excluding hydrogens is 272 g/mol. The fraction of sp³-hybridized carbons (Fsp3) is 0.250. The molecule has 2 rings (SSSR count). The monoisotopic (exact) mass is 286 g/mol. The quantitative estimate of drug-likeness (QED) is 0.915. The van der Waals surface area contributed by atoms with Crippen LogP contribution in [0.2, 0.25) is 5.02 Å². The van der Waals surface area contributed by atoms with Crippen molar-refractivity contribution in [2.24, 2.45) is 0 Å².